The molecule has 2 aromatic carbocycles. The summed E-state index contributed by atoms with van der Waals surface area (Å²) in [5, 5.41) is 2.49. The summed E-state index contributed by atoms with van der Waals surface area (Å²) in [5.74, 6) is -1.63. The minimum absolute atomic E-state index is 0.00737. The van der Waals surface area contributed by atoms with Crippen molar-refractivity contribution in [2.75, 3.05) is 25.0 Å². The van der Waals surface area contributed by atoms with Gasteiger partial charge in [0.1, 0.15) is 11.4 Å². The Morgan fingerprint density at radius 3 is 2.45 bits per heavy atom. The van der Waals surface area contributed by atoms with Crippen molar-refractivity contribution in [2.24, 2.45) is 0 Å². The number of halogens is 1. The minimum atomic E-state index is -4.15. The van der Waals surface area contributed by atoms with E-state index in [-0.39, 0.29) is 26.1 Å². The molecule has 1 N–H and O–H groups in total. The topological polar surface area (TPSA) is 121 Å². The van der Waals surface area contributed by atoms with Gasteiger partial charge < -0.3 is 5.32 Å². The minimum Gasteiger partial charge on any atom is -0.323 e. The third-order valence-electron chi connectivity index (χ3n) is 5.11. The van der Waals surface area contributed by atoms with E-state index in [0.29, 0.717) is 17.4 Å². The number of nitrogens with zero attached hydrogens (tertiary/aromatic N) is 2. The SMILES string of the molecule is O=C(CN1C(=O)c2ccccc2S1(=O)=O)Nc1cc(S(=O)(=O)N2CCCC2)ccc1Cl. The van der Waals surface area contributed by atoms with Gasteiger partial charge >= 0.3 is 0 Å². The molecule has 2 aromatic rings. The summed E-state index contributed by atoms with van der Waals surface area (Å²) in [4.78, 5) is 24.8. The first-order valence-corrected chi connectivity index (χ1v) is 12.6. The van der Waals surface area contributed by atoms with Crippen LogP contribution in [0, 0.1) is 0 Å². The maximum absolute atomic E-state index is 12.8. The summed E-state index contributed by atoms with van der Waals surface area (Å²) < 4.78 is 52.5. The predicted octanol–water partition coefficient (Wildman–Crippen LogP) is 1.91. The van der Waals surface area contributed by atoms with Crippen LogP contribution < -0.4 is 5.32 Å². The summed E-state index contributed by atoms with van der Waals surface area (Å²) in [7, 11) is -7.88. The van der Waals surface area contributed by atoms with E-state index >= 15 is 0 Å². The molecule has 12 heteroatoms. The second-order valence-corrected chi connectivity index (χ2v) is 11.3. The molecule has 0 aromatic heterocycles. The van der Waals surface area contributed by atoms with Gasteiger partial charge in [0.15, 0.2) is 0 Å². The van der Waals surface area contributed by atoms with Crippen LogP contribution >= 0.6 is 11.6 Å². The first-order chi connectivity index (χ1) is 14.6. The fraction of sp³-hybridized carbons (Fsp3) is 0.263. The van der Waals surface area contributed by atoms with E-state index in [4.69, 9.17) is 11.6 Å². The molecule has 2 aliphatic heterocycles. The lowest BCUT2D eigenvalue weighted by molar-refractivity contribution is -0.116. The van der Waals surface area contributed by atoms with Crippen LogP contribution in [-0.4, -0.2) is 56.9 Å². The molecule has 2 amide bonds. The molecule has 9 nitrogen and oxygen atoms in total. The Balaban J connectivity index is 1.55. The fourth-order valence-corrected chi connectivity index (χ4v) is 6.78. The largest absolute Gasteiger partial charge is 0.323 e. The maximum atomic E-state index is 12.8. The quantitative estimate of drug-likeness (QED) is 0.693. The van der Waals surface area contributed by atoms with E-state index in [9.17, 15) is 26.4 Å². The number of hydrogen-bond donors (Lipinski definition) is 1. The molecular weight excluding hydrogens is 466 g/mol. The van der Waals surface area contributed by atoms with Gasteiger partial charge in [-0.05, 0) is 43.2 Å². The van der Waals surface area contributed by atoms with Gasteiger partial charge in [-0.25, -0.2) is 21.1 Å². The van der Waals surface area contributed by atoms with Gasteiger partial charge in [-0.1, -0.05) is 23.7 Å². The Bertz CT molecular complexity index is 1290. The zero-order valence-electron chi connectivity index (χ0n) is 16.1. The molecule has 0 atom stereocenters. The lowest BCUT2D eigenvalue weighted by Crippen LogP contribution is -2.37. The summed E-state index contributed by atoms with van der Waals surface area (Å²) in [5.41, 5.74) is 0.000493. The molecule has 0 spiro atoms. The van der Waals surface area contributed by atoms with E-state index in [1.165, 1.54) is 46.8 Å². The predicted molar refractivity (Wildman–Crippen MR) is 113 cm³/mol. The number of carbonyl (C=O) groups excluding carboxylic acids is 2. The van der Waals surface area contributed by atoms with Gasteiger partial charge in [-0.3, -0.25) is 9.59 Å². The summed E-state index contributed by atoms with van der Waals surface area (Å²) in [6.45, 7) is 0.0690. The Morgan fingerprint density at radius 1 is 1.10 bits per heavy atom. The van der Waals surface area contributed by atoms with Crippen molar-refractivity contribution in [3.05, 3.63) is 53.1 Å². The molecule has 2 heterocycles. The highest BCUT2D eigenvalue weighted by atomic mass is 35.5. The highest BCUT2D eigenvalue weighted by Crippen LogP contribution is 2.31. The third kappa shape index (κ3) is 3.82. The van der Waals surface area contributed by atoms with Crippen LogP contribution in [0.25, 0.3) is 0 Å². The Labute approximate surface area is 184 Å². The molecule has 0 aliphatic carbocycles. The number of carbonyl (C=O) groups is 2. The number of benzene rings is 2. The van der Waals surface area contributed by atoms with E-state index < -0.39 is 38.4 Å². The van der Waals surface area contributed by atoms with Crippen molar-refractivity contribution in [2.45, 2.75) is 22.6 Å². The highest BCUT2D eigenvalue weighted by Gasteiger charge is 2.41. The van der Waals surface area contributed by atoms with Crippen LogP contribution in [0.2, 0.25) is 5.02 Å². The van der Waals surface area contributed by atoms with Crippen molar-refractivity contribution < 1.29 is 26.4 Å². The normalized spacial score (nSPS) is 18.2. The van der Waals surface area contributed by atoms with Crippen LogP contribution in [-0.2, 0) is 24.8 Å². The number of anilines is 1. The maximum Gasteiger partial charge on any atom is 0.269 e. The standard InChI is InChI=1S/C19H18ClN3O6S2/c20-15-8-7-13(30(26,27)22-9-3-4-10-22)11-16(15)21-18(24)12-23-19(25)14-5-1-2-6-17(14)31(23,28)29/h1-2,5-8,11H,3-4,9-10,12H2,(H,21,24). The van der Waals surface area contributed by atoms with Gasteiger partial charge in [-0.15, -0.1) is 0 Å². The van der Waals surface area contributed by atoms with Gasteiger partial charge in [-0.2, -0.15) is 4.31 Å². The van der Waals surface area contributed by atoms with Crippen molar-refractivity contribution >= 4 is 49.1 Å². The number of sulfonamides is 2. The second kappa shape index (κ2) is 7.90. The monoisotopic (exact) mass is 483 g/mol. The zero-order valence-corrected chi connectivity index (χ0v) is 18.5. The second-order valence-electron chi connectivity index (χ2n) is 7.11. The van der Waals surface area contributed by atoms with Gasteiger partial charge in [0.2, 0.25) is 15.9 Å². The van der Waals surface area contributed by atoms with E-state index in [2.05, 4.69) is 5.32 Å². The number of hydrogen-bond acceptors (Lipinski definition) is 6. The molecular formula is C19H18ClN3O6S2. The van der Waals surface area contributed by atoms with Gasteiger partial charge in [0.25, 0.3) is 15.9 Å². The summed E-state index contributed by atoms with van der Waals surface area (Å²) >= 11 is 6.10. The van der Waals surface area contributed by atoms with Crippen molar-refractivity contribution in [3.63, 3.8) is 0 Å². The van der Waals surface area contributed by atoms with Crippen molar-refractivity contribution in [1.29, 1.82) is 0 Å². The smallest absolute Gasteiger partial charge is 0.269 e. The fourth-order valence-electron chi connectivity index (χ4n) is 3.55. The molecule has 1 saturated heterocycles. The summed E-state index contributed by atoms with van der Waals surface area (Å²) in [6.07, 6.45) is 1.55. The average molecular weight is 484 g/mol. The van der Waals surface area contributed by atoms with Gasteiger partial charge in [0, 0.05) is 13.1 Å². The van der Waals surface area contributed by atoms with Crippen LogP contribution in [0.4, 0.5) is 5.69 Å². The first-order valence-electron chi connectivity index (χ1n) is 9.38. The highest BCUT2D eigenvalue weighted by molar-refractivity contribution is 7.90. The van der Waals surface area contributed by atoms with E-state index in [0.717, 1.165) is 12.8 Å². The molecule has 2 aliphatic rings. The molecule has 4 rings (SSSR count). The third-order valence-corrected chi connectivity index (χ3v) is 9.13. The number of rotatable bonds is 5. The Hall–Kier alpha value is -2.47. The van der Waals surface area contributed by atoms with Crippen molar-refractivity contribution in [1.82, 2.24) is 8.61 Å². The van der Waals surface area contributed by atoms with Crippen LogP contribution in [0.3, 0.4) is 0 Å². The number of nitrogens with one attached hydrogen (secondary N) is 1. The van der Waals surface area contributed by atoms with Crippen LogP contribution in [0.15, 0.2) is 52.3 Å². The van der Waals surface area contributed by atoms with Crippen LogP contribution in [0.5, 0.6) is 0 Å². The van der Waals surface area contributed by atoms with Crippen molar-refractivity contribution in [3.8, 4) is 0 Å². The van der Waals surface area contributed by atoms with E-state index in [1.807, 2.05) is 0 Å². The molecule has 164 valence electrons. The Morgan fingerprint density at radius 2 is 1.77 bits per heavy atom. The number of amides is 2. The lowest BCUT2D eigenvalue weighted by atomic mass is 10.2. The first kappa shape index (κ1) is 21.8. The molecule has 0 bridgehead atoms. The lowest BCUT2D eigenvalue weighted by Gasteiger charge is -2.18. The Kier molecular flexibility index (Phi) is 5.54. The zero-order chi connectivity index (χ0) is 22.4. The van der Waals surface area contributed by atoms with Gasteiger partial charge in [0.05, 0.1) is 21.2 Å². The molecule has 0 unspecified atom stereocenters. The summed E-state index contributed by atoms with van der Waals surface area (Å²) in [6, 6.07) is 9.59. The van der Waals surface area contributed by atoms with E-state index in [1.54, 1.807) is 0 Å². The molecule has 0 saturated carbocycles. The van der Waals surface area contributed by atoms with Crippen LogP contribution in [0.1, 0.15) is 23.2 Å². The average Bonchev–Trinajstić information content (AvgIpc) is 3.33. The molecule has 1 fully saturated rings. The number of fused-ring (bicyclic) bond motifs is 1. The molecule has 31 heavy (non-hydrogen) atoms. The molecule has 0 radical (unpaired) electrons.